The molecule has 2 nitrogen and oxygen atoms in total. The Kier molecular flexibility index (Phi) is 0.376. The lowest BCUT2D eigenvalue weighted by atomic mass is 10.3. The van der Waals surface area contributed by atoms with Crippen LogP contribution in [0.5, 0.6) is 0 Å². The molecule has 1 aromatic heterocycles. The van der Waals surface area contributed by atoms with E-state index < -0.39 is 0 Å². The first-order valence-electron chi connectivity index (χ1n) is 4.52. The molecule has 1 aromatic carbocycles. The zero-order valence-corrected chi connectivity index (χ0v) is 4.52. The maximum atomic E-state index is 7.48. The molecule has 0 atom stereocenters. The molecule has 2 aromatic rings. The van der Waals surface area contributed by atoms with Crippen molar-refractivity contribution in [1.29, 1.82) is 0 Å². The lowest BCUT2D eigenvalue weighted by molar-refractivity contribution is 1.34. The van der Waals surface area contributed by atoms with E-state index in [1.165, 1.54) is 6.07 Å². The number of aromatic amines is 1. The largest absolute Gasteiger partial charge is 0.345 e. The molecule has 0 spiro atoms. The number of nitrogens with one attached hydrogen (secondary N) is 1. The molecular formula is C7H6N2. The van der Waals surface area contributed by atoms with Gasteiger partial charge in [0.05, 0.1) is 21.4 Å². The number of H-pyrrole nitrogens is 1. The van der Waals surface area contributed by atoms with Crippen LogP contribution in [0.1, 0.15) is 5.48 Å². The fourth-order valence-corrected chi connectivity index (χ4v) is 0.667. The molecule has 0 saturated heterocycles. The summed E-state index contributed by atoms with van der Waals surface area (Å²) in [5, 5.41) is 0. The molecule has 1 N–H and O–H groups in total. The van der Waals surface area contributed by atoms with Gasteiger partial charge in [0.2, 0.25) is 0 Å². The Morgan fingerprint density at radius 1 is 1.56 bits per heavy atom. The first-order valence-corrected chi connectivity index (χ1v) is 2.52. The van der Waals surface area contributed by atoms with Crippen molar-refractivity contribution in [3.05, 3.63) is 30.5 Å². The molecule has 2 rings (SSSR count). The third-order valence-corrected chi connectivity index (χ3v) is 1.08. The third kappa shape index (κ3) is 0.598. The molecule has 0 unspecified atom stereocenters. The van der Waals surface area contributed by atoms with Crippen LogP contribution in [0.25, 0.3) is 11.0 Å². The average Bonchev–Trinajstić information content (AvgIpc) is 2.42. The molecule has 0 radical (unpaired) electrons. The standard InChI is InChI=1S/C7H6N2/c1-2-4-7-6(3-1)8-5-9-7/h1-5H,(H,8,9)/i1D,2D,3D,5D. The Labute approximate surface area is 58.2 Å². The van der Waals surface area contributed by atoms with E-state index >= 15 is 0 Å². The number of benzene rings is 1. The van der Waals surface area contributed by atoms with Gasteiger partial charge < -0.3 is 4.98 Å². The Morgan fingerprint density at radius 3 is 3.56 bits per heavy atom. The van der Waals surface area contributed by atoms with Crippen molar-refractivity contribution in [2.24, 2.45) is 0 Å². The second-order valence-corrected chi connectivity index (χ2v) is 1.65. The predicted octanol–water partition coefficient (Wildman–Crippen LogP) is 1.56. The van der Waals surface area contributed by atoms with Gasteiger partial charge in [-0.15, -0.1) is 0 Å². The predicted molar refractivity (Wildman–Crippen MR) is 36.1 cm³/mol. The van der Waals surface area contributed by atoms with E-state index in [1.807, 2.05) is 0 Å². The SMILES string of the molecule is [2H]c1nc2cc([2H])c([2H])c([2H])c2[nH]1. The van der Waals surface area contributed by atoms with Crippen LogP contribution in [0.4, 0.5) is 0 Å². The van der Waals surface area contributed by atoms with Gasteiger partial charge >= 0.3 is 0 Å². The van der Waals surface area contributed by atoms with Crippen LogP contribution in [-0.4, -0.2) is 9.97 Å². The Bertz CT molecular complexity index is 477. The Morgan fingerprint density at radius 2 is 2.56 bits per heavy atom. The summed E-state index contributed by atoms with van der Waals surface area (Å²) in [4.78, 5) is 6.32. The smallest absolute Gasteiger partial charge is 0.104 e. The number of fused-ring (bicyclic) bond motifs is 1. The zero-order valence-electron chi connectivity index (χ0n) is 8.52. The summed E-state index contributed by atoms with van der Waals surface area (Å²) in [5.41, 5.74) is 0.752. The van der Waals surface area contributed by atoms with Crippen molar-refractivity contribution in [3.8, 4) is 0 Å². The van der Waals surface area contributed by atoms with Crippen molar-refractivity contribution in [2.75, 3.05) is 0 Å². The van der Waals surface area contributed by atoms with E-state index in [0.29, 0.717) is 11.0 Å². The number of hydrogen-bond donors (Lipinski definition) is 1. The number of nitrogens with zero attached hydrogens (tertiary/aromatic N) is 1. The van der Waals surface area contributed by atoms with Gasteiger partial charge in [-0.25, -0.2) is 4.98 Å². The van der Waals surface area contributed by atoms with Crippen molar-refractivity contribution in [1.82, 2.24) is 9.97 Å². The van der Waals surface area contributed by atoms with Crippen LogP contribution in [0, 0.1) is 0 Å². The minimum absolute atomic E-state index is 0.0380. The first-order chi connectivity index (χ1) is 6.09. The normalized spacial score (nSPS) is 16.4. The number of imidazole rings is 1. The highest BCUT2D eigenvalue weighted by molar-refractivity contribution is 5.73. The maximum absolute atomic E-state index is 7.48. The number of rotatable bonds is 0. The molecule has 9 heavy (non-hydrogen) atoms. The Balaban J connectivity index is 2.92. The summed E-state index contributed by atoms with van der Waals surface area (Å²) in [6, 6.07) is 1.12. The van der Waals surface area contributed by atoms with Crippen LogP contribution in [0.2, 0.25) is 0 Å². The Hall–Kier alpha value is -1.31. The van der Waals surface area contributed by atoms with E-state index in [-0.39, 0.29) is 24.4 Å². The second kappa shape index (κ2) is 1.58. The number of para-hydroxylation sites is 2. The summed E-state index contributed by atoms with van der Waals surface area (Å²) in [5.74, 6) is 0. The fourth-order valence-electron chi connectivity index (χ4n) is 0.667. The van der Waals surface area contributed by atoms with E-state index in [2.05, 4.69) is 9.97 Å². The average molecular weight is 122 g/mol. The monoisotopic (exact) mass is 122 g/mol. The van der Waals surface area contributed by atoms with Crippen molar-refractivity contribution in [3.63, 3.8) is 0 Å². The molecule has 1 heterocycles. The van der Waals surface area contributed by atoms with E-state index in [0.717, 1.165) is 0 Å². The molecular weight excluding hydrogens is 112 g/mol. The molecule has 0 bridgehead atoms. The zero-order chi connectivity index (χ0) is 9.59. The molecule has 2 heteroatoms. The first kappa shape index (κ1) is 2.14. The summed E-state index contributed by atoms with van der Waals surface area (Å²) >= 11 is 0. The van der Waals surface area contributed by atoms with E-state index in [9.17, 15) is 0 Å². The van der Waals surface area contributed by atoms with Crippen LogP contribution < -0.4 is 0 Å². The summed E-state index contributed by atoms with van der Waals surface area (Å²) < 4.78 is 29.3. The van der Waals surface area contributed by atoms with Crippen LogP contribution in [0.15, 0.2) is 30.5 Å². The van der Waals surface area contributed by atoms with Gasteiger partial charge in [0.15, 0.2) is 0 Å². The van der Waals surface area contributed by atoms with Crippen LogP contribution >= 0.6 is 0 Å². The van der Waals surface area contributed by atoms with Gasteiger partial charge in [-0.1, -0.05) is 12.1 Å². The molecule has 0 aliphatic carbocycles. The van der Waals surface area contributed by atoms with Gasteiger partial charge in [-0.05, 0) is 12.1 Å². The molecule has 0 aliphatic rings. The van der Waals surface area contributed by atoms with Gasteiger partial charge in [-0.3, -0.25) is 0 Å². The highest BCUT2D eigenvalue weighted by atomic mass is 14.9. The molecule has 0 amide bonds. The van der Waals surface area contributed by atoms with Gasteiger partial charge in [0.1, 0.15) is 1.37 Å². The van der Waals surface area contributed by atoms with Crippen molar-refractivity contribution >= 4 is 11.0 Å². The summed E-state index contributed by atoms with van der Waals surface area (Å²) in [7, 11) is 0. The third-order valence-electron chi connectivity index (χ3n) is 1.08. The minimum atomic E-state index is -0.142. The lowest BCUT2D eigenvalue weighted by Crippen LogP contribution is -1.63. The molecule has 0 fully saturated rings. The van der Waals surface area contributed by atoms with Crippen molar-refractivity contribution in [2.45, 2.75) is 0 Å². The van der Waals surface area contributed by atoms with Crippen molar-refractivity contribution < 1.29 is 5.48 Å². The summed E-state index contributed by atoms with van der Waals surface area (Å²) in [6.07, 6.45) is -0.0477. The van der Waals surface area contributed by atoms with Gasteiger partial charge in [0.25, 0.3) is 0 Å². The maximum Gasteiger partial charge on any atom is 0.104 e. The molecule has 0 aliphatic heterocycles. The molecule has 0 saturated carbocycles. The number of hydrogen-bond acceptors (Lipinski definition) is 1. The van der Waals surface area contributed by atoms with Crippen LogP contribution in [-0.2, 0) is 0 Å². The fraction of sp³-hybridized carbons (Fsp3) is 0. The minimum Gasteiger partial charge on any atom is -0.345 e. The highest BCUT2D eigenvalue weighted by Crippen LogP contribution is 2.05. The summed E-state index contributed by atoms with van der Waals surface area (Å²) in [6.45, 7) is 0. The van der Waals surface area contributed by atoms with Gasteiger partial charge in [0, 0.05) is 0 Å². The molecule has 44 valence electrons. The second-order valence-electron chi connectivity index (χ2n) is 1.65. The highest BCUT2D eigenvalue weighted by Gasteiger charge is 1.88. The quantitative estimate of drug-likeness (QED) is 0.564. The van der Waals surface area contributed by atoms with E-state index in [4.69, 9.17) is 5.48 Å². The topological polar surface area (TPSA) is 28.7 Å². The van der Waals surface area contributed by atoms with E-state index in [1.54, 1.807) is 0 Å². The van der Waals surface area contributed by atoms with Crippen LogP contribution in [0.3, 0.4) is 0 Å². The number of aromatic nitrogens is 2. The van der Waals surface area contributed by atoms with Gasteiger partial charge in [-0.2, -0.15) is 0 Å². The lowest BCUT2D eigenvalue weighted by Gasteiger charge is -1.81.